The third-order valence-electron chi connectivity index (χ3n) is 12.4. The topological polar surface area (TPSA) is 159 Å². The van der Waals surface area contributed by atoms with Gasteiger partial charge < -0.3 is 29.6 Å². The Morgan fingerprint density at radius 3 is 2.39 bits per heavy atom. The van der Waals surface area contributed by atoms with Gasteiger partial charge in [-0.2, -0.15) is 5.26 Å². The number of nitriles is 1. The smallest absolute Gasteiger partial charge is 0.328 e. The van der Waals surface area contributed by atoms with Crippen molar-refractivity contribution < 1.29 is 14.4 Å². The monoisotopic (exact) mass is 787 g/mol. The van der Waals surface area contributed by atoms with Crippen molar-refractivity contribution in [3.63, 3.8) is 0 Å². The lowest BCUT2D eigenvalue weighted by molar-refractivity contribution is -0.120. The van der Waals surface area contributed by atoms with Crippen molar-refractivity contribution in [2.24, 2.45) is 5.92 Å². The second-order valence-corrected chi connectivity index (χ2v) is 16.2. The Hall–Kier alpha value is -5.65. The maximum Gasteiger partial charge on any atom is 0.328 e. The average Bonchev–Trinajstić information content (AvgIpc) is 3.88. The number of benzene rings is 2. The van der Waals surface area contributed by atoms with Crippen molar-refractivity contribution in [2.45, 2.75) is 57.0 Å². The van der Waals surface area contributed by atoms with E-state index in [1.807, 2.05) is 24.3 Å². The lowest BCUT2D eigenvalue weighted by Crippen LogP contribution is -2.49. The highest BCUT2D eigenvalue weighted by Gasteiger charge is 2.30. The van der Waals surface area contributed by atoms with E-state index < -0.39 is 0 Å². The van der Waals surface area contributed by atoms with E-state index in [0.29, 0.717) is 35.5 Å². The number of H-pyrrole nitrogens is 1. The summed E-state index contributed by atoms with van der Waals surface area (Å²) in [6.07, 6.45) is 13.6. The summed E-state index contributed by atoms with van der Waals surface area (Å²) in [5.74, 6) is 0.351. The molecule has 4 saturated heterocycles. The molecule has 57 heavy (non-hydrogen) atoms. The van der Waals surface area contributed by atoms with Gasteiger partial charge in [0.25, 0.3) is 5.91 Å². The van der Waals surface area contributed by atoms with Crippen molar-refractivity contribution >= 4 is 68.3 Å². The van der Waals surface area contributed by atoms with Gasteiger partial charge in [0.1, 0.15) is 6.07 Å². The minimum absolute atomic E-state index is 0.0233. The molecule has 5 aromatic rings. The van der Waals surface area contributed by atoms with Crippen molar-refractivity contribution in [2.75, 3.05) is 67.1 Å². The molecular formula is C42H46ClN11O3. The number of piperidine rings is 3. The fourth-order valence-electron chi connectivity index (χ4n) is 9.30. The number of amides is 4. The van der Waals surface area contributed by atoms with Gasteiger partial charge >= 0.3 is 6.03 Å². The van der Waals surface area contributed by atoms with Gasteiger partial charge in [0.05, 0.1) is 51.1 Å². The predicted octanol–water partition coefficient (Wildman–Crippen LogP) is 5.84. The molecule has 14 nitrogen and oxygen atoms in total. The summed E-state index contributed by atoms with van der Waals surface area (Å²) in [7, 11) is 0. The SMILES string of the molecule is N#Cc1c[nH]c2c(N3CCC(NC(=O)c4ncc(N5CCC(CN6CCC(n7ccc8c(N9CCC(=O)NC9=O)cccc87)CC6)CC5)cn4)CC3)ccc(Cl)c12. The highest BCUT2D eigenvalue weighted by atomic mass is 35.5. The molecule has 7 heterocycles. The van der Waals surface area contributed by atoms with Gasteiger partial charge in [-0.3, -0.25) is 19.8 Å². The van der Waals surface area contributed by atoms with Gasteiger partial charge in [0.15, 0.2) is 0 Å². The lowest BCUT2D eigenvalue weighted by atomic mass is 9.94. The van der Waals surface area contributed by atoms with E-state index in [-0.39, 0.29) is 29.7 Å². The van der Waals surface area contributed by atoms with Crippen molar-refractivity contribution in [1.82, 2.24) is 35.1 Å². The van der Waals surface area contributed by atoms with Crippen molar-refractivity contribution in [3.8, 4) is 6.07 Å². The van der Waals surface area contributed by atoms with E-state index in [0.717, 1.165) is 123 Å². The summed E-state index contributed by atoms with van der Waals surface area (Å²) < 4.78 is 2.37. The van der Waals surface area contributed by atoms with Crippen LogP contribution in [0.1, 0.15) is 67.2 Å². The highest BCUT2D eigenvalue weighted by Crippen LogP contribution is 2.36. The molecule has 3 N–H and O–H groups in total. The summed E-state index contributed by atoms with van der Waals surface area (Å²) in [6.45, 7) is 7.01. The molecule has 0 aliphatic carbocycles. The van der Waals surface area contributed by atoms with Crippen LogP contribution in [0.2, 0.25) is 5.02 Å². The standard InChI is InChI=1S/C42H46ClN11O3/c43-33-4-5-36(39-38(33)28(22-44)23-45-39)52-18-8-29(9-19-52)48-41(56)40-46-24-31(25-47-40)51-16-6-27(7-17-51)26-50-14-10-30(11-15-50)53-20-12-32-34(53)2-1-3-35(32)54-21-13-37(55)49-42(54)57/h1-5,12,20,23-25,27,29-30,45H,6-11,13-19,21,26H2,(H,48,56)(H,49,55,57). The Labute approximate surface area is 335 Å². The van der Waals surface area contributed by atoms with E-state index in [4.69, 9.17) is 11.6 Å². The number of aromatic nitrogens is 4. The largest absolute Gasteiger partial charge is 0.370 e. The number of nitrogens with one attached hydrogen (secondary N) is 3. The average molecular weight is 788 g/mol. The van der Waals surface area contributed by atoms with Gasteiger partial charge in [-0.05, 0) is 74.8 Å². The molecule has 9 rings (SSSR count). The fourth-order valence-corrected chi connectivity index (χ4v) is 9.56. The first kappa shape index (κ1) is 37.0. The molecule has 4 fully saturated rings. The minimum Gasteiger partial charge on any atom is -0.370 e. The van der Waals surface area contributed by atoms with Crippen LogP contribution >= 0.6 is 11.6 Å². The van der Waals surface area contributed by atoms with Crippen molar-refractivity contribution in [3.05, 3.63) is 77.6 Å². The van der Waals surface area contributed by atoms with Gasteiger partial charge in [0, 0.05) is 94.0 Å². The number of aromatic amines is 1. The first-order chi connectivity index (χ1) is 27.8. The maximum atomic E-state index is 13.1. The van der Waals surface area contributed by atoms with Crippen molar-refractivity contribution in [1.29, 1.82) is 5.26 Å². The number of carbonyl (C=O) groups excluding carboxylic acids is 3. The third-order valence-corrected chi connectivity index (χ3v) is 12.7. The first-order valence-corrected chi connectivity index (χ1v) is 20.5. The van der Waals surface area contributed by atoms with E-state index in [9.17, 15) is 19.6 Å². The van der Waals surface area contributed by atoms with Crippen LogP contribution < -0.4 is 25.3 Å². The molecule has 3 aromatic heterocycles. The number of nitrogens with zero attached hydrogens (tertiary/aromatic N) is 8. The number of hydrogen-bond acceptors (Lipinski definition) is 9. The number of hydrogen-bond donors (Lipinski definition) is 3. The van der Waals surface area contributed by atoms with Gasteiger partial charge in [-0.1, -0.05) is 17.7 Å². The number of anilines is 3. The molecule has 15 heteroatoms. The number of imide groups is 1. The third kappa shape index (κ3) is 7.37. The van der Waals surface area contributed by atoms with E-state index in [1.54, 1.807) is 23.5 Å². The van der Waals surface area contributed by atoms with Crippen LogP contribution in [-0.2, 0) is 4.79 Å². The molecule has 0 unspecified atom stereocenters. The quantitative estimate of drug-likeness (QED) is 0.176. The number of rotatable bonds is 8. The fraction of sp³-hybridized carbons (Fsp3) is 0.429. The Bertz CT molecular complexity index is 2340. The summed E-state index contributed by atoms with van der Waals surface area (Å²) in [5, 5.41) is 17.4. The molecule has 0 spiro atoms. The molecule has 0 bridgehead atoms. The number of fused-ring (bicyclic) bond motifs is 2. The molecule has 0 atom stereocenters. The zero-order valence-electron chi connectivity index (χ0n) is 31.8. The Balaban J connectivity index is 0.721. The molecule has 0 saturated carbocycles. The molecule has 0 radical (unpaired) electrons. The zero-order chi connectivity index (χ0) is 39.0. The maximum absolute atomic E-state index is 13.1. The molecule has 2 aromatic carbocycles. The molecule has 4 amide bonds. The molecule has 4 aliphatic heterocycles. The van der Waals surface area contributed by atoms with Gasteiger partial charge in [0.2, 0.25) is 11.7 Å². The van der Waals surface area contributed by atoms with Crippen LogP contribution in [0.4, 0.5) is 21.9 Å². The van der Waals surface area contributed by atoms with E-state index >= 15 is 0 Å². The summed E-state index contributed by atoms with van der Waals surface area (Å²) in [6, 6.07) is 14.3. The van der Waals surface area contributed by atoms with Gasteiger partial charge in [-0.25, -0.2) is 14.8 Å². The van der Waals surface area contributed by atoms with E-state index in [1.165, 1.54) is 0 Å². The second kappa shape index (κ2) is 15.7. The number of halogens is 1. The minimum atomic E-state index is -0.353. The van der Waals surface area contributed by atoms with Crippen LogP contribution in [0.25, 0.3) is 21.8 Å². The normalized spacial score (nSPS) is 19.3. The molecular weight excluding hydrogens is 742 g/mol. The Morgan fingerprint density at radius 2 is 1.65 bits per heavy atom. The van der Waals surface area contributed by atoms with Crippen LogP contribution in [-0.4, -0.2) is 101 Å². The Kier molecular flexibility index (Phi) is 10.2. The van der Waals surface area contributed by atoms with Crippen LogP contribution in [0.5, 0.6) is 0 Å². The van der Waals surface area contributed by atoms with Crippen LogP contribution in [0.3, 0.4) is 0 Å². The van der Waals surface area contributed by atoms with E-state index in [2.05, 4.69) is 69.3 Å². The van der Waals surface area contributed by atoms with Crippen LogP contribution in [0.15, 0.2) is 61.2 Å². The number of urea groups is 1. The number of likely N-dealkylation sites (tertiary alicyclic amines) is 1. The Morgan fingerprint density at radius 1 is 0.895 bits per heavy atom. The van der Waals surface area contributed by atoms with Gasteiger partial charge in [-0.15, -0.1) is 0 Å². The molecule has 4 aliphatic rings. The highest BCUT2D eigenvalue weighted by molar-refractivity contribution is 6.36. The predicted molar refractivity (Wildman–Crippen MR) is 220 cm³/mol. The summed E-state index contributed by atoms with van der Waals surface area (Å²) >= 11 is 6.41. The number of carbonyl (C=O) groups is 3. The summed E-state index contributed by atoms with van der Waals surface area (Å²) in [4.78, 5) is 58.4. The van der Waals surface area contributed by atoms with Crippen LogP contribution in [0, 0.1) is 17.2 Å². The molecule has 294 valence electrons. The summed E-state index contributed by atoms with van der Waals surface area (Å²) in [5.41, 5.74) is 5.34. The second-order valence-electron chi connectivity index (χ2n) is 15.8. The lowest BCUT2D eigenvalue weighted by Gasteiger charge is -2.38. The zero-order valence-corrected chi connectivity index (χ0v) is 32.5. The first-order valence-electron chi connectivity index (χ1n) is 20.1.